The Morgan fingerprint density at radius 3 is 1.55 bits per heavy atom. The second-order valence-electron chi connectivity index (χ2n) is 6.42. The van der Waals surface area contributed by atoms with Gasteiger partial charge in [0.05, 0.1) is 13.1 Å². The summed E-state index contributed by atoms with van der Waals surface area (Å²) in [6.45, 7) is 5.06. The minimum Gasteiger partial charge on any atom is -0.437 e. The highest BCUT2D eigenvalue weighted by molar-refractivity contribution is 6.46. The Morgan fingerprint density at radius 2 is 1.23 bits per heavy atom. The zero-order chi connectivity index (χ0) is 15.9. The second kappa shape index (κ2) is 8.53. The molecule has 2 rings (SSSR count). The molecule has 0 aromatic carbocycles. The van der Waals surface area contributed by atoms with E-state index in [0.29, 0.717) is 0 Å². The number of amides is 2. The molecule has 1 N–H and O–H groups in total. The van der Waals surface area contributed by atoms with Crippen LogP contribution in [0.25, 0.3) is 0 Å². The fourth-order valence-electron chi connectivity index (χ4n) is 3.15. The van der Waals surface area contributed by atoms with Crippen LogP contribution in [-0.2, 0) is 9.59 Å². The van der Waals surface area contributed by atoms with Crippen molar-refractivity contribution >= 4 is 18.9 Å². The van der Waals surface area contributed by atoms with Gasteiger partial charge in [-0.05, 0) is 45.3 Å². The van der Waals surface area contributed by atoms with Crippen LogP contribution in [-0.4, -0.2) is 77.8 Å². The van der Waals surface area contributed by atoms with E-state index in [-0.39, 0.29) is 24.9 Å². The number of piperidine rings is 2. The Morgan fingerprint density at radius 1 is 0.864 bits per heavy atom. The summed E-state index contributed by atoms with van der Waals surface area (Å²) < 4.78 is 0. The molecule has 124 valence electrons. The van der Waals surface area contributed by atoms with E-state index >= 15 is 0 Å². The first-order valence-corrected chi connectivity index (χ1v) is 8.55. The Hall–Kier alpha value is -1.08. The van der Waals surface area contributed by atoms with E-state index in [1.807, 2.05) is 9.80 Å². The largest absolute Gasteiger partial charge is 0.437 e. The molecule has 2 fully saturated rings. The van der Waals surface area contributed by atoms with E-state index in [2.05, 4.69) is 0 Å². The van der Waals surface area contributed by atoms with E-state index in [1.54, 1.807) is 11.6 Å². The van der Waals surface area contributed by atoms with Crippen LogP contribution < -0.4 is 0 Å². The monoisotopic (exact) mass is 309 g/mol. The summed E-state index contributed by atoms with van der Waals surface area (Å²) in [5.41, 5.74) is 0. The molecule has 0 unspecified atom stereocenters. The molecular formula is C15H28BN3O3. The van der Waals surface area contributed by atoms with Gasteiger partial charge < -0.3 is 19.6 Å². The molecule has 0 saturated carbocycles. The number of carbonyl (C=O) groups is 2. The molecule has 2 amide bonds. The van der Waals surface area contributed by atoms with E-state index in [1.165, 1.54) is 12.8 Å². The first-order valence-electron chi connectivity index (χ1n) is 8.55. The Balaban J connectivity index is 1.85. The lowest BCUT2D eigenvalue weighted by molar-refractivity contribution is -0.135. The molecule has 0 spiro atoms. The summed E-state index contributed by atoms with van der Waals surface area (Å²) in [5, 5.41) is 9.89. The van der Waals surface area contributed by atoms with Crippen molar-refractivity contribution in [2.75, 3.05) is 39.3 Å². The quantitative estimate of drug-likeness (QED) is 0.748. The van der Waals surface area contributed by atoms with Gasteiger partial charge in [0.2, 0.25) is 11.8 Å². The first-order chi connectivity index (χ1) is 10.6. The molecule has 7 heteroatoms. The number of rotatable bonds is 5. The SMILES string of the molecule is CB(O)N(CC(=O)N1CCCCC1)CC(=O)N1CCCCC1. The standard InChI is InChI=1S/C15H28BN3O3/c1-16(22)19(12-14(20)17-8-4-2-5-9-17)13-15(21)18-10-6-3-7-11-18/h22H,2-13H2,1H3. The van der Waals surface area contributed by atoms with Crippen LogP contribution in [0.2, 0.25) is 6.82 Å². The van der Waals surface area contributed by atoms with E-state index in [0.717, 1.165) is 51.9 Å². The smallest absolute Gasteiger partial charge is 0.377 e. The van der Waals surface area contributed by atoms with Crippen LogP contribution in [0.15, 0.2) is 0 Å². The molecule has 2 heterocycles. The first kappa shape index (κ1) is 17.3. The van der Waals surface area contributed by atoms with Crippen molar-refractivity contribution < 1.29 is 14.6 Å². The van der Waals surface area contributed by atoms with Crippen molar-refractivity contribution in [3.05, 3.63) is 0 Å². The molecule has 0 atom stereocenters. The van der Waals surface area contributed by atoms with Gasteiger partial charge in [0.25, 0.3) is 0 Å². The predicted octanol–water partition coefficient (Wildman–Crippen LogP) is 0.424. The van der Waals surface area contributed by atoms with Gasteiger partial charge in [-0.1, -0.05) is 0 Å². The third-order valence-corrected chi connectivity index (χ3v) is 4.62. The Labute approximate surface area is 133 Å². The minimum atomic E-state index is -0.789. The van der Waals surface area contributed by atoms with Crippen molar-refractivity contribution in [1.29, 1.82) is 0 Å². The lowest BCUT2D eigenvalue weighted by atomic mass is 9.84. The summed E-state index contributed by atoms with van der Waals surface area (Å²) in [5.74, 6) is 0.0408. The molecule has 2 aliphatic rings. The van der Waals surface area contributed by atoms with Gasteiger partial charge in [-0.15, -0.1) is 0 Å². The van der Waals surface area contributed by atoms with Crippen molar-refractivity contribution in [2.24, 2.45) is 0 Å². The van der Waals surface area contributed by atoms with Gasteiger partial charge in [0, 0.05) is 26.2 Å². The molecule has 2 saturated heterocycles. The molecule has 0 radical (unpaired) electrons. The zero-order valence-electron chi connectivity index (χ0n) is 13.7. The van der Waals surface area contributed by atoms with Crippen molar-refractivity contribution in [2.45, 2.75) is 45.3 Å². The Kier molecular flexibility index (Phi) is 6.70. The van der Waals surface area contributed by atoms with E-state index < -0.39 is 7.05 Å². The lowest BCUT2D eigenvalue weighted by Crippen LogP contribution is -2.51. The number of hydrogen-bond acceptors (Lipinski definition) is 4. The number of likely N-dealkylation sites (tertiary alicyclic amines) is 2. The fraction of sp³-hybridized carbons (Fsp3) is 0.867. The maximum atomic E-state index is 12.3. The summed E-state index contributed by atoms with van der Waals surface area (Å²) in [4.78, 5) is 29.9. The average Bonchev–Trinajstić information content (AvgIpc) is 2.55. The van der Waals surface area contributed by atoms with Gasteiger partial charge in [-0.3, -0.25) is 9.59 Å². The maximum Gasteiger partial charge on any atom is 0.377 e. The topological polar surface area (TPSA) is 64.1 Å². The van der Waals surface area contributed by atoms with Crippen LogP contribution in [0.4, 0.5) is 0 Å². The third-order valence-electron chi connectivity index (χ3n) is 4.62. The number of hydrogen-bond donors (Lipinski definition) is 1. The van der Waals surface area contributed by atoms with Gasteiger partial charge in [0.15, 0.2) is 0 Å². The summed E-state index contributed by atoms with van der Waals surface area (Å²) in [6.07, 6.45) is 6.55. The van der Waals surface area contributed by atoms with Crippen LogP contribution in [0.3, 0.4) is 0 Å². The van der Waals surface area contributed by atoms with Gasteiger partial charge in [-0.2, -0.15) is 0 Å². The molecule has 6 nitrogen and oxygen atoms in total. The highest BCUT2D eigenvalue weighted by atomic mass is 16.2. The third kappa shape index (κ3) is 4.99. The van der Waals surface area contributed by atoms with E-state index in [9.17, 15) is 14.6 Å². The maximum absolute atomic E-state index is 12.3. The fourth-order valence-corrected chi connectivity index (χ4v) is 3.15. The molecule has 2 aliphatic heterocycles. The summed E-state index contributed by atoms with van der Waals surface area (Å²) >= 11 is 0. The lowest BCUT2D eigenvalue weighted by Gasteiger charge is -2.32. The Bertz CT molecular complexity index is 348. The molecule has 22 heavy (non-hydrogen) atoms. The predicted molar refractivity (Wildman–Crippen MR) is 86.3 cm³/mol. The van der Waals surface area contributed by atoms with Crippen LogP contribution in [0.5, 0.6) is 0 Å². The molecule has 0 aromatic rings. The van der Waals surface area contributed by atoms with Crippen LogP contribution in [0, 0.1) is 0 Å². The van der Waals surface area contributed by atoms with Crippen molar-refractivity contribution in [1.82, 2.24) is 14.6 Å². The van der Waals surface area contributed by atoms with E-state index in [4.69, 9.17) is 0 Å². The molecular weight excluding hydrogens is 281 g/mol. The molecule has 0 aromatic heterocycles. The normalized spacial score (nSPS) is 19.4. The highest BCUT2D eigenvalue weighted by Crippen LogP contribution is 2.11. The van der Waals surface area contributed by atoms with Gasteiger partial charge in [-0.25, -0.2) is 0 Å². The zero-order valence-corrected chi connectivity index (χ0v) is 13.7. The number of carbonyl (C=O) groups excluding carboxylic acids is 2. The molecule has 0 aliphatic carbocycles. The highest BCUT2D eigenvalue weighted by Gasteiger charge is 2.27. The van der Waals surface area contributed by atoms with Crippen LogP contribution >= 0.6 is 0 Å². The number of nitrogens with zero attached hydrogens (tertiary/aromatic N) is 3. The van der Waals surface area contributed by atoms with Gasteiger partial charge in [0.1, 0.15) is 0 Å². The van der Waals surface area contributed by atoms with Crippen molar-refractivity contribution in [3.63, 3.8) is 0 Å². The molecule has 0 bridgehead atoms. The van der Waals surface area contributed by atoms with Crippen molar-refractivity contribution in [3.8, 4) is 0 Å². The summed E-state index contributed by atoms with van der Waals surface area (Å²) in [7, 11) is -0.789. The van der Waals surface area contributed by atoms with Gasteiger partial charge >= 0.3 is 7.05 Å². The van der Waals surface area contributed by atoms with Crippen LogP contribution in [0.1, 0.15) is 38.5 Å². The average molecular weight is 309 g/mol. The minimum absolute atomic E-state index is 0.0204. The summed E-state index contributed by atoms with van der Waals surface area (Å²) in [6, 6.07) is 0. The second-order valence-corrected chi connectivity index (χ2v) is 6.42.